The van der Waals surface area contributed by atoms with Crippen LogP contribution in [-0.4, -0.2) is 26.6 Å². The molecule has 3 rings (SSSR count). The molecular weight excluding hydrogens is 332 g/mol. The van der Waals surface area contributed by atoms with Crippen LogP contribution in [0.3, 0.4) is 0 Å². The minimum absolute atomic E-state index is 0.0673. The van der Waals surface area contributed by atoms with Crippen molar-refractivity contribution in [3.63, 3.8) is 0 Å². The lowest BCUT2D eigenvalue weighted by Gasteiger charge is -2.08. The number of ether oxygens (including phenoxy) is 1. The molecule has 0 aliphatic carbocycles. The van der Waals surface area contributed by atoms with Gasteiger partial charge in [-0.15, -0.1) is 0 Å². The maximum atomic E-state index is 12.2. The van der Waals surface area contributed by atoms with E-state index in [1.54, 1.807) is 36.4 Å². The second-order valence-corrected chi connectivity index (χ2v) is 6.83. The first-order chi connectivity index (χ1) is 11.5. The summed E-state index contributed by atoms with van der Waals surface area (Å²) in [7, 11) is -2.15. The smallest absolute Gasteiger partial charge is 0.419 e. The highest BCUT2D eigenvalue weighted by molar-refractivity contribution is 7.89. The van der Waals surface area contributed by atoms with Crippen molar-refractivity contribution in [2.45, 2.75) is 11.4 Å². The van der Waals surface area contributed by atoms with E-state index in [4.69, 9.17) is 9.15 Å². The molecule has 0 bridgehead atoms. The molecule has 1 aromatic heterocycles. The van der Waals surface area contributed by atoms with Crippen molar-refractivity contribution < 1.29 is 17.6 Å². The van der Waals surface area contributed by atoms with Gasteiger partial charge in [-0.1, -0.05) is 12.1 Å². The van der Waals surface area contributed by atoms with Crippen molar-refractivity contribution in [1.29, 1.82) is 0 Å². The number of oxazole rings is 1. The van der Waals surface area contributed by atoms with Gasteiger partial charge in [0.1, 0.15) is 5.75 Å². The molecule has 0 saturated carbocycles. The molecular formula is C16H16N2O5S. The van der Waals surface area contributed by atoms with Crippen molar-refractivity contribution in [1.82, 2.24) is 9.29 Å². The molecule has 0 aliphatic heterocycles. The molecule has 0 unspecified atom stereocenters. The first-order valence-corrected chi connectivity index (χ1v) is 8.72. The van der Waals surface area contributed by atoms with E-state index in [2.05, 4.69) is 4.72 Å². The van der Waals surface area contributed by atoms with Crippen LogP contribution in [0.1, 0.15) is 0 Å². The van der Waals surface area contributed by atoms with E-state index in [1.807, 2.05) is 0 Å². The van der Waals surface area contributed by atoms with Crippen molar-refractivity contribution in [2.24, 2.45) is 0 Å². The van der Waals surface area contributed by atoms with Crippen LogP contribution in [0.4, 0.5) is 0 Å². The number of aromatic nitrogens is 1. The van der Waals surface area contributed by atoms with Crippen LogP contribution in [0.5, 0.6) is 5.75 Å². The van der Waals surface area contributed by atoms with Crippen molar-refractivity contribution in [2.75, 3.05) is 13.7 Å². The zero-order valence-electron chi connectivity index (χ0n) is 12.9. The molecule has 0 spiro atoms. The third kappa shape index (κ3) is 3.19. The Morgan fingerprint density at radius 3 is 2.54 bits per heavy atom. The number of hydrogen-bond donors (Lipinski definition) is 1. The SMILES string of the molecule is COc1ccc(S(=O)(=O)NCCn2c(=O)oc3ccccc32)cc1. The van der Waals surface area contributed by atoms with Crippen molar-refractivity contribution in [3.8, 4) is 5.75 Å². The maximum absolute atomic E-state index is 12.2. The Balaban J connectivity index is 1.72. The first kappa shape index (κ1) is 16.3. The average molecular weight is 348 g/mol. The zero-order chi connectivity index (χ0) is 17.2. The van der Waals surface area contributed by atoms with E-state index in [0.717, 1.165) is 0 Å². The normalized spacial score (nSPS) is 11.7. The van der Waals surface area contributed by atoms with Gasteiger partial charge >= 0.3 is 5.76 Å². The number of methoxy groups -OCH3 is 1. The molecule has 0 saturated heterocycles. The Morgan fingerprint density at radius 1 is 1.12 bits per heavy atom. The van der Waals surface area contributed by atoms with Gasteiger partial charge in [0.25, 0.3) is 0 Å². The molecule has 1 heterocycles. The fraction of sp³-hybridized carbons (Fsp3) is 0.188. The van der Waals surface area contributed by atoms with Crippen LogP contribution in [0, 0.1) is 0 Å². The van der Waals surface area contributed by atoms with E-state index < -0.39 is 15.8 Å². The van der Waals surface area contributed by atoms with Crippen LogP contribution in [-0.2, 0) is 16.6 Å². The number of benzene rings is 2. The fourth-order valence-electron chi connectivity index (χ4n) is 2.36. The van der Waals surface area contributed by atoms with Gasteiger partial charge in [-0.3, -0.25) is 4.57 Å². The van der Waals surface area contributed by atoms with Gasteiger partial charge < -0.3 is 9.15 Å². The number of para-hydroxylation sites is 2. The molecule has 0 fully saturated rings. The van der Waals surface area contributed by atoms with Crippen LogP contribution in [0.25, 0.3) is 11.1 Å². The van der Waals surface area contributed by atoms with Gasteiger partial charge in [-0.25, -0.2) is 17.9 Å². The number of sulfonamides is 1. The molecule has 0 radical (unpaired) electrons. The molecule has 1 N–H and O–H groups in total. The lowest BCUT2D eigenvalue weighted by atomic mass is 10.3. The second-order valence-electron chi connectivity index (χ2n) is 5.06. The van der Waals surface area contributed by atoms with E-state index in [1.165, 1.54) is 23.8 Å². The third-order valence-corrected chi connectivity index (χ3v) is 5.05. The summed E-state index contributed by atoms with van der Waals surface area (Å²) in [5.41, 5.74) is 1.10. The van der Waals surface area contributed by atoms with Gasteiger partial charge in [0.2, 0.25) is 10.0 Å². The van der Waals surface area contributed by atoms with Gasteiger partial charge in [-0.05, 0) is 36.4 Å². The van der Waals surface area contributed by atoms with Gasteiger partial charge in [0.15, 0.2) is 5.58 Å². The van der Waals surface area contributed by atoms with Crippen molar-refractivity contribution in [3.05, 3.63) is 59.1 Å². The fourth-order valence-corrected chi connectivity index (χ4v) is 3.38. The zero-order valence-corrected chi connectivity index (χ0v) is 13.7. The van der Waals surface area contributed by atoms with Crippen LogP contribution < -0.4 is 15.2 Å². The van der Waals surface area contributed by atoms with Crippen LogP contribution >= 0.6 is 0 Å². The maximum Gasteiger partial charge on any atom is 0.419 e. The van der Waals surface area contributed by atoms with Gasteiger partial charge in [-0.2, -0.15) is 0 Å². The second kappa shape index (κ2) is 6.50. The quantitative estimate of drug-likeness (QED) is 0.730. The molecule has 0 atom stereocenters. The molecule has 3 aromatic rings. The Hall–Kier alpha value is -2.58. The minimum atomic E-state index is -3.66. The first-order valence-electron chi connectivity index (χ1n) is 7.23. The summed E-state index contributed by atoms with van der Waals surface area (Å²) in [6.07, 6.45) is 0. The summed E-state index contributed by atoms with van der Waals surface area (Å²) >= 11 is 0. The van der Waals surface area contributed by atoms with E-state index in [9.17, 15) is 13.2 Å². The van der Waals surface area contributed by atoms with Crippen LogP contribution in [0.15, 0.2) is 62.6 Å². The minimum Gasteiger partial charge on any atom is -0.497 e. The van der Waals surface area contributed by atoms with E-state index in [-0.39, 0.29) is 18.0 Å². The largest absolute Gasteiger partial charge is 0.497 e. The Labute approximate surface area is 138 Å². The summed E-state index contributed by atoms with van der Waals surface area (Å²) < 4.78 is 38.5. The number of nitrogens with one attached hydrogen (secondary N) is 1. The molecule has 7 nitrogen and oxygen atoms in total. The summed E-state index contributed by atoms with van der Waals surface area (Å²) in [5.74, 6) is 0.0604. The Kier molecular flexibility index (Phi) is 4.41. The number of fused-ring (bicyclic) bond motifs is 1. The molecule has 0 amide bonds. The predicted molar refractivity (Wildman–Crippen MR) is 88.7 cm³/mol. The molecule has 2 aromatic carbocycles. The van der Waals surface area contributed by atoms with Crippen molar-refractivity contribution >= 4 is 21.1 Å². The number of hydrogen-bond acceptors (Lipinski definition) is 5. The molecule has 24 heavy (non-hydrogen) atoms. The molecule has 126 valence electrons. The monoisotopic (exact) mass is 348 g/mol. The molecule has 0 aliphatic rings. The number of nitrogens with zero attached hydrogens (tertiary/aromatic N) is 1. The lowest BCUT2D eigenvalue weighted by Crippen LogP contribution is -2.29. The third-order valence-electron chi connectivity index (χ3n) is 3.57. The average Bonchev–Trinajstić information content (AvgIpc) is 2.90. The topological polar surface area (TPSA) is 90.5 Å². The van der Waals surface area contributed by atoms with E-state index in [0.29, 0.717) is 16.8 Å². The van der Waals surface area contributed by atoms with Gasteiger partial charge in [0, 0.05) is 13.1 Å². The standard InChI is InChI=1S/C16H16N2O5S/c1-22-12-6-8-13(9-7-12)24(20,21)17-10-11-18-14-4-2-3-5-15(14)23-16(18)19/h2-9,17H,10-11H2,1H3. The van der Waals surface area contributed by atoms with Crippen LogP contribution in [0.2, 0.25) is 0 Å². The predicted octanol–water partition coefficient (Wildman–Crippen LogP) is 1.58. The Bertz CT molecular complexity index is 1000. The van der Waals surface area contributed by atoms with Gasteiger partial charge in [0.05, 0.1) is 17.5 Å². The molecule has 8 heteroatoms. The summed E-state index contributed by atoms with van der Waals surface area (Å²) in [5, 5.41) is 0. The van der Waals surface area contributed by atoms with E-state index >= 15 is 0 Å². The summed E-state index contributed by atoms with van der Waals surface area (Å²) in [4.78, 5) is 12.0. The summed E-state index contributed by atoms with van der Waals surface area (Å²) in [6, 6.07) is 13.1. The lowest BCUT2D eigenvalue weighted by molar-refractivity contribution is 0.414. The number of rotatable bonds is 6. The highest BCUT2D eigenvalue weighted by atomic mass is 32.2. The Morgan fingerprint density at radius 2 is 1.83 bits per heavy atom. The highest BCUT2D eigenvalue weighted by Gasteiger charge is 2.14. The summed E-state index contributed by atoms with van der Waals surface area (Å²) in [6.45, 7) is 0.239. The highest BCUT2D eigenvalue weighted by Crippen LogP contribution is 2.15.